The Morgan fingerprint density at radius 3 is 2.87 bits per heavy atom. The highest BCUT2D eigenvalue weighted by atomic mass is 16.2. The van der Waals surface area contributed by atoms with Gasteiger partial charge in [-0.1, -0.05) is 0 Å². The summed E-state index contributed by atoms with van der Waals surface area (Å²) in [6.45, 7) is 4.13. The van der Waals surface area contributed by atoms with Crippen LogP contribution in [0.4, 0.5) is 0 Å². The lowest BCUT2D eigenvalue weighted by atomic mass is 10.2. The zero-order valence-electron chi connectivity index (χ0n) is 9.27. The number of carbonyl (C=O) groups excluding carboxylic acids is 1. The summed E-state index contributed by atoms with van der Waals surface area (Å²) in [5, 5.41) is 0. The predicted molar refractivity (Wildman–Crippen MR) is 57.4 cm³/mol. The number of hydrogen-bond acceptors (Lipinski definition) is 4. The Morgan fingerprint density at radius 1 is 1.67 bits per heavy atom. The van der Waals surface area contributed by atoms with Crippen LogP contribution >= 0.6 is 0 Å². The number of nitrogens with two attached hydrogens (primary N) is 1. The normalized spacial score (nSPS) is 12.3. The summed E-state index contributed by atoms with van der Waals surface area (Å²) in [6, 6.07) is 0.0112. The van der Waals surface area contributed by atoms with Crippen molar-refractivity contribution in [1.82, 2.24) is 14.9 Å². The predicted octanol–water partition coefficient (Wildman–Crippen LogP) is 0.204. The van der Waals surface area contributed by atoms with Gasteiger partial charge in [0.2, 0.25) is 0 Å². The molecule has 1 amide bonds. The second-order valence-corrected chi connectivity index (χ2v) is 3.52. The molecule has 1 aromatic heterocycles. The number of nitrogens with zero attached hydrogens (tertiary/aromatic N) is 3. The van der Waals surface area contributed by atoms with Crippen LogP contribution in [0.5, 0.6) is 0 Å². The van der Waals surface area contributed by atoms with Crippen LogP contribution in [0.15, 0.2) is 12.5 Å². The van der Waals surface area contributed by atoms with E-state index in [2.05, 4.69) is 9.97 Å². The Balaban J connectivity index is 2.90. The van der Waals surface area contributed by atoms with Gasteiger partial charge in [0.05, 0.1) is 11.3 Å². The maximum Gasteiger partial charge on any atom is 0.257 e. The van der Waals surface area contributed by atoms with Crippen molar-refractivity contribution in [1.29, 1.82) is 0 Å². The number of likely N-dealkylation sites (N-methyl/N-ethyl adjacent to an activating group) is 1. The smallest absolute Gasteiger partial charge is 0.257 e. The van der Waals surface area contributed by atoms with Gasteiger partial charge in [-0.2, -0.15) is 0 Å². The van der Waals surface area contributed by atoms with Gasteiger partial charge >= 0.3 is 0 Å². The molecule has 1 unspecified atom stereocenters. The molecule has 1 atom stereocenters. The third kappa shape index (κ3) is 2.50. The topological polar surface area (TPSA) is 72.1 Å². The average molecular weight is 208 g/mol. The van der Waals surface area contributed by atoms with Gasteiger partial charge in [0, 0.05) is 25.8 Å². The molecule has 0 aliphatic rings. The number of aryl methyl sites for hydroxylation is 1. The molecule has 5 nitrogen and oxygen atoms in total. The van der Waals surface area contributed by atoms with Crippen LogP contribution in [0.25, 0.3) is 0 Å². The number of aromatic nitrogens is 2. The zero-order valence-corrected chi connectivity index (χ0v) is 9.27. The van der Waals surface area contributed by atoms with Gasteiger partial charge in [-0.15, -0.1) is 0 Å². The molecular formula is C10H16N4O. The molecule has 0 saturated heterocycles. The second kappa shape index (κ2) is 4.84. The second-order valence-electron chi connectivity index (χ2n) is 3.52. The van der Waals surface area contributed by atoms with E-state index in [-0.39, 0.29) is 11.9 Å². The number of carbonyl (C=O) groups is 1. The molecule has 15 heavy (non-hydrogen) atoms. The number of amides is 1. The molecule has 82 valence electrons. The molecule has 1 rings (SSSR count). The van der Waals surface area contributed by atoms with E-state index >= 15 is 0 Å². The molecule has 0 aliphatic carbocycles. The van der Waals surface area contributed by atoms with E-state index in [9.17, 15) is 4.79 Å². The molecular weight excluding hydrogens is 192 g/mol. The third-order valence-corrected chi connectivity index (χ3v) is 2.46. The van der Waals surface area contributed by atoms with Crippen molar-refractivity contribution >= 4 is 5.91 Å². The minimum absolute atomic E-state index is 0.0112. The van der Waals surface area contributed by atoms with Crippen molar-refractivity contribution in [3.8, 4) is 0 Å². The van der Waals surface area contributed by atoms with Crippen molar-refractivity contribution in [2.45, 2.75) is 19.9 Å². The van der Waals surface area contributed by atoms with Crippen LogP contribution < -0.4 is 5.73 Å². The summed E-state index contributed by atoms with van der Waals surface area (Å²) in [4.78, 5) is 21.4. The molecule has 5 heteroatoms. The van der Waals surface area contributed by atoms with Crippen molar-refractivity contribution in [3.05, 3.63) is 23.8 Å². The van der Waals surface area contributed by atoms with Crippen LogP contribution in [0.3, 0.4) is 0 Å². The van der Waals surface area contributed by atoms with E-state index in [1.807, 2.05) is 6.92 Å². The van der Waals surface area contributed by atoms with E-state index in [0.717, 1.165) is 0 Å². The van der Waals surface area contributed by atoms with Crippen molar-refractivity contribution < 1.29 is 4.79 Å². The van der Waals surface area contributed by atoms with Crippen LogP contribution in [0.1, 0.15) is 23.0 Å². The lowest BCUT2D eigenvalue weighted by molar-refractivity contribution is 0.0746. The van der Waals surface area contributed by atoms with E-state index in [1.165, 1.54) is 12.5 Å². The Kier molecular flexibility index (Phi) is 3.74. The minimum Gasteiger partial charge on any atom is -0.338 e. The van der Waals surface area contributed by atoms with E-state index in [1.54, 1.807) is 18.9 Å². The van der Waals surface area contributed by atoms with Crippen molar-refractivity contribution in [2.24, 2.45) is 5.73 Å². The van der Waals surface area contributed by atoms with Crippen LogP contribution in [-0.4, -0.2) is 40.4 Å². The maximum absolute atomic E-state index is 12.0. The molecule has 0 spiro atoms. The van der Waals surface area contributed by atoms with Crippen molar-refractivity contribution in [3.63, 3.8) is 0 Å². The lowest BCUT2D eigenvalue weighted by Crippen LogP contribution is -2.40. The summed E-state index contributed by atoms with van der Waals surface area (Å²) >= 11 is 0. The zero-order chi connectivity index (χ0) is 11.4. The van der Waals surface area contributed by atoms with Gasteiger partial charge in [-0.05, 0) is 13.8 Å². The number of rotatable bonds is 3. The summed E-state index contributed by atoms with van der Waals surface area (Å²) in [5.74, 6) is -0.0916. The maximum atomic E-state index is 12.0. The first-order valence-corrected chi connectivity index (χ1v) is 4.81. The van der Waals surface area contributed by atoms with Crippen molar-refractivity contribution in [2.75, 3.05) is 13.6 Å². The molecule has 2 N–H and O–H groups in total. The highest BCUT2D eigenvalue weighted by Gasteiger charge is 2.18. The monoisotopic (exact) mass is 208 g/mol. The van der Waals surface area contributed by atoms with Gasteiger partial charge < -0.3 is 10.6 Å². The molecule has 0 bridgehead atoms. The molecule has 0 radical (unpaired) electrons. The molecule has 1 aromatic rings. The number of hydrogen-bond donors (Lipinski definition) is 1. The Labute approximate surface area is 89.3 Å². The Bertz CT molecular complexity index is 353. The first-order chi connectivity index (χ1) is 7.07. The molecule has 0 saturated carbocycles. The summed E-state index contributed by atoms with van der Waals surface area (Å²) in [5.41, 5.74) is 6.72. The average Bonchev–Trinajstić information content (AvgIpc) is 2.26. The van der Waals surface area contributed by atoms with E-state index in [4.69, 9.17) is 5.73 Å². The molecule has 0 fully saturated rings. The fraction of sp³-hybridized carbons (Fsp3) is 0.500. The van der Waals surface area contributed by atoms with Crippen LogP contribution in [0.2, 0.25) is 0 Å². The quantitative estimate of drug-likeness (QED) is 0.770. The molecule has 1 heterocycles. The summed E-state index contributed by atoms with van der Waals surface area (Å²) in [6.07, 6.45) is 2.96. The van der Waals surface area contributed by atoms with Crippen LogP contribution in [-0.2, 0) is 0 Å². The van der Waals surface area contributed by atoms with Gasteiger partial charge in [0.15, 0.2) is 0 Å². The standard InChI is InChI=1S/C10H16N4O/c1-7(4-11)14(3)10(15)9-5-12-6-13-8(9)2/h5-7H,4,11H2,1-3H3. The Morgan fingerprint density at radius 2 is 2.33 bits per heavy atom. The SMILES string of the molecule is Cc1ncncc1C(=O)N(C)C(C)CN. The van der Waals surface area contributed by atoms with Crippen LogP contribution in [0, 0.1) is 6.92 Å². The third-order valence-electron chi connectivity index (χ3n) is 2.46. The Hall–Kier alpha value is -1.49. The highest BCUT2D eigenvalue weighted by molar-refractivity contribution is 5.94. The molecule has 0 aromatic carbocycles. The van der Waals surface area contributed by atoms with Gasteiger partial charge in [-0.3, -0.25) is 4.79 Å². The molecule has 0 aliphatic heterocycles. The summed E-state index contributed by atoms with van der Waals surface area (Å²) in [7, 11) is 1.73. The van der Waals surface area contributed by atoms with E-state index in [0.29, 0.717) is 17.8 Å². The summed E-state index contributed by atoms with van der Waals surface area (Å²) < 4.78 is 0. The van der Waals surface area contributed by atoms with Gasteiger partial charge in [0.25, 0.3) is 5.91 Å². The lowest BCUT2D eigenvalue weighted by Gasteiger charge is -2.23. The van der Waals surface area contributed by atoms with E-state index < -0.39 is 0 Å². The highest BCUT2D eigenvalue weighted by Crippen LogP contribution is 2.07. The van der Waals surface area contributed by atoms with Gasteiger partial charge in [0.1, 0.15) is 6.33 Å². The van der Waals surface area contributed by atoms with Gasteiger partial charge in [-0.25, -0.2) is 9.97 Å². The first-order valence-electron chi connectivity index (χ1n) is 4.81. The first kappa shape index (κ1) is 11.6. The largest absolute Gasteiger partial charge is 0.338 e. The minimum atomic E-state index is -0.0916. The fourth-order valence-corrected chi connectivity index (χ4v) is 1.15. The fourth-order valence-electron chi connectivity index (χ4n) is 1.15.